The second-order valence-electron chi connectivity index (χ2n) is 9.29. The molecule has 0 amide bonds. The number of benzene rings is 1. The Balaban J connectivity index is 0.000000765. The summed E-state index contributed by atoms with van der Waals surface area (Å²) in [6.07, 6.45) is 1.62. The lowest BCUT2D eigenvalue weighted by molar-refractivity contribution is -0.00303. The first-order valence-corrected chi connectivity index (χ1v) is 12.8. The van der Waals surface area contributed by atoms with Gasteiger partial charge in [-0.15, -0.1) is 0 Å². The molecule has 2 aliphatic rings. The van der Waals surface area contributed by atoms with Crippen LogP contribution in [-0.2, 0) is 0 Å². The second kappa shape index (κ2) is 10.4. The number of aromatic nitrogens is 4. The number of rotatable bonds is 3. The lowest BCUT2D eigenvalue weighted by Gasteiger charge is -2.60. The van der Waals surface area contributed by atoms with Crippen molar-refractivity contribution in [2.24, 2.45) is 5.41 Å². The molecule has 0 saturated carbocycles. The first-order valence-electron chi connectivity index (χ1n) is 12.8. The zero-order valence-corrected chi connectivity index (χ0v) is 22.4. The first-order chi connectivity index (χ1) is 17.8. The van der Waals surface area contributed by atoms with E-state index in [4.69, 9.17) is 10.7 Å². The Morgan fingerprint density at radius 3 is 2.14 bits per heavy atom. The van der Waals surface area contributed by atoms with E-state index in [9.17, 15) is 0 Å². The summed E-state index contributed by atoms with van der Waals surface area (Å²) in [5.41, 5.74) is 9.02. The topological polar surface area (TPSA) is 76.1 Å². The van der Waals surface area contributed by atoms with Gasteiger partial charge in [0.05, 0.1) is 11.4 Å². The van der Waals surface area contributed by atoms with Gasteiger partial charge in [0.25, 0.3) is 0 Å². The Morgan fingerprint density at radius 2 is 1.54 bits per heavy atom. The Hall–Kier alpha value is -3.59. The summed E-state index contributed by atoms with van der Waals surface area (Å²) in [5, 5.41) is 0. The van der Waals surface area contributed by atoms with Gasteiger partial charge in [0, 0.05) is 55.5 Å². The summed E-state index contributed by atoms with van der Waals surface area (Å²) in [6.45, 7) is 13.1. The van der Waals surface area contributed by atoms with E-state index >= 15 is 8.78 Å². The Labute approximate surface area is 217 Å². The van der Waals surface area contributed by atoms with Crippen molar-refractivity contribution in [1.29, 1.82) is 0 Å². The lowest BCUT2D eigenvalue weighted by Crippen LogP contribution is -2.71. The van der Waals surface area contributed by atoms with Gasteiger partial charge in [-0.1, -0.05) is 27.7 Å². The van der Waals surface area contributed by atoms with Gasteiger partial charge in [-0.3, -0.25) is 4.57 Å². The van der Waals surface area contributed by atoms with Crippen LogP contribution in [0.25, 0.3) is 28.1 Å². The molecule has 2 aliphatic heterocycles. The van der Waals surface area contributed by atoms with Crippen LogP contribution in [0.1, 0.15) is 33.5 Å². The van der Waals surface area contributed by atoms with Crippen LogP contribution in [0.15, 0.2) is 42.6 Å². The summed E-state index contributed by atoms with van der Waals surface area (Å²) in [5.74, 6) is -0.172. The van der Waals surface area contributed by atoms with E-state index in [-0.39, 0.29) is 11.1 Å². The zero-order chi connectivity index (χ0) is 26.9. The van der Waals surface area contributed by atoms with Crippen molar-refractivity contribution < 1.29 is 8.78 Å². The number of pyridine rings is 2. The molecule has 3 aromatic heterocycles. The fourth-order valence-electron chi connectivity index (χ4n) is 5.35. The van der Waals surface area contributed by atoms with Crippen LogP contribution in [0.3, 0.4) is 0 Å². The summed E-state index contributed by atoms with van der Waals surface area (Å²) < 4.78 is 32.0. The van der Waals surface area contributed by atoms with Crippen LogP contribution in [0.2, 0.25) is 0 Å². The SMILES string of the molecule is CC.CC.Cc1nc2ccc(-c3ccnc(N)c3)nc2n1-c1cc(F)c(N2CC3(CN(C)C3)C2)c(F)c1. The van der Waals surface area contributed by atoms with Crippen molar-refractivity contribution in [3.05, 3.63) is 60.1 Å². The van der Waals surface area contributed by atoms with Crippen LogP contribution >= 0.6 is 0 Å². The van der Waals surface area contributed by atoms with Crippen LogP contribution < -0.4 is 10.6 Å². The standard InChI is InChI=1S/C24H23F2N7.2C2H6/c1-14-29-20-4-3-19(15-5-6-28-21(27)7-15)30-23(20)33(14)16-8-17(25)22(18(26)9-16)32-12-24(13-32)10-31(2)11-24;2*1-2/h3-9H,10-13H2,1-2H3,(H2,27,28);2*1-2H3. The predicted molar refractivity (Wildman–Crippen MR) is 146 cm³/mol. The number of anilines is 2. The highest BCUT2D eigenvalue weighted by Crippen LogP contribution is 2.43. The molecule has 2 saturated heterocycles. The summed E-state index contributed by atoms with van der Waals surface area (Å²) >= 11 is 0. The summed E-state index contributed by atoms with van der Waals surface area (Å²) in [6, 6.07) is 9.96. The van der Waals surface area contributed by atoms with E-state index < -0.39 is 11.6 Å². The van der Waals surface area contributed by atoms with Crippen LogP contribution in [-0.4, -0.2) is 57.6 Å². The maximum Gasteiger partial charge on any atom is 0.165 e. The molecule has 2 N–H and O–H groups in total. The number of hydrogen-bond acceptors (Lipinski definition) is 6. The molecule has 4 aromatic rings. The lowest BCUT2D eigenvalue weighted by atomic mass is 9.73. The Kier molecular flexibility index (Phi) is 7.45. The Bertz CT molecular complexity index is 1380. The minimum absolute atomic E-state index is 0.0434. The van der Waals surface area contributed by atoms with Gasteiger partial charge < -0.3 is 15.5 Å². The van der Waals surface area contributed by atoms with Gasteiger partial charge in [-0.05, 0) is 38.2 Å². The van der Waals surface area contributed by atoms with E-state index in [0.29, 0.717) is 47.3 Å². The number of imidazole rings is 1. The fourth-order valence-corrected chi connectivity index (χ4v) is 5.35. The molecule has 5 heterocycles. The van der Waals surface area contributed by atoms with E-state index in [2.05, 4.69) is 21.9 Å². The molecule has 0 aliphatic carbocycles. The van der Waals surface area contributed by atoms with Gasteiger partial charge in [-0.2, -0.15) is 0 Å². The average Bonchev–Trinajstić information content (AvgIpc) is 3.18. The quantitative estimate of drug-likeness (QED) is 0.397. The highest BCUT2D eigenvalue weighted by Gasteiger charge is 2.51. The molecule has 1 aromatic carbocycles. The highest BCUT2D eigenvalue weighted by molar-refractivity contribution is 5.78. The third-order valence-corrected chi connectivity index (χ3v) is 6.59. The molecular weight excluding hydrogens is 472 g/mol. The predicted octanol–water partition coefficient (Wildman–Crippen LogP) is 5.46. The average molecular weight is 508 g/mol. The van der Waals surface area contributed by atoms with Crippen molar-refractivity contribution in [1.82, 2.24) is 24.4 Å². The molecule has 37 heavy (non-hydrogen) atoms. The van der Waals surface area contributed by atoms with Crippen molar-refractivity contribution in [2.45, 2.75) is 34.6 Å². The van der Waals surface area contributed by atoms with Crippen molar-refractivity contribution in [3.63, 3.8) is 0 Å². The van der Waals surface area contributed by atoms with Crippen LogP contribution in [0.5, 0.6) is 0 Å². The molecule has 196 valence electrons. The molecule has 6 rings (SSSR count). The number of nitrogens with two attached hydrogens (primary N) is 1. The molecular formula is C28H35F2N7. The van der Waals surface area contributed by atoms with E-state index in [0.717, 1.165) is 18.7 Å². The van der Waals surface area contributed by atoms with Crippen molar-refractivity contribution in [2.75, 3.05) is 43.9 Å². The molecule has 2 fully saturated rings. The smallest absolute Gasteiger partial charge is 0.165 e. The number of halogens is 2. The third-order valence-electron chi connectivity index (χ3n) is 6.59. The number of fused-ring (bicyclic) bond motifs is 1. The molecule has 9 heteroatoms. The Morgan fingerprint density at radius 1 is 0.892 bits per heavy atom. The van der Waals surface area contributed by atoms with Crippen molar-refractivity contribution >= 4 is 22.7 Å². The normalized spacial score (nSPS) is 15.8. The zero-order valence-electron chi connectivity index (χ0n) is 22.4. The molecule has 0 bridgehead atoms. The van der Waals surface area contributed by atoms with Gasteiger partial charge in [0.1, 0.15) is 22.8 Å². The number of likely N-dealkylation sites (tertiary alicyclic amines) is 1. The minimum Gasteiger partial charge on any atom is -0.384 e. The number of aryl methyl sites for hydroxylation is 1. The van der Waals surface area contributed by atoms with Gasteiger partial charge in [0.15, 0.2) is 17.3 Å². The molecule has 0 radical (unpaired) electrons. The van der Waals surface area contributed by atoms with Crippen LogP contribution in [0.4, 0.5) is 20.3 Å². The second-order valence-corrected chi connectivity index (χ2v) is 9.29. The molecule has 0 unspecified atom stereocenters. The number of nitrogens with zero attached hydrogens (tertiary/aromatic N) is 6. The molecule has 1 spiro atoms. The number of nitrogen functional groups attached to an aromatic ring is 1. The maximum absolute atomic E-state index is 15.2. The van der Waals surface area contributed by atoms with Gasteiger partial charge in [0.2, 0.25) is 0 Å². The third kappa shape index (κ3) is 4.75. The largest absolute Gasteiger partial charge is 0.384 e. The van der Waals surface area contributed by atoms with E-state index in [1.165, 1.54) is 12.1 Å². The van der Waals surface area contributed by atoms with Crippen molar-refractivity contribution in [3.8, 4) is 16.9 Å². The summed E-state index contributed by atoms with van der Waals surface area (Å²) in [4.78, 5) is 17.3. The maximum atomic E-state index is 15.2. The van der Waals surface area contributed by atoms with E-state index in [1.54, 1.807) is 28.7 Å². The summed E-state index contributed by atoms with van der Waals surface area (Å²) in [7, 11) is 2.06. The highest BCUT2D eigenvalue weighted by atomic mass is 19.1. The number of hydrogen-bond donors (Lipinski definition) is 1. The van der Waals surface area contributed by atoms with Crippen LogP contribution in [0, 0.1) is 24.0 Å². The van der Waals surface area contributed by atoms with E-state index in [1.807, 2.05) is 45.9 Å². The molecule has 0 atom stereocenters. The van der Waals surface area contributed by atoms with Gasteiger partial charge >= 0.3 is 0 Å². The minimum atomic E-state index is -0.577. The first kappa shape index (κ1) is 26.5. The molecule has 7 nitrogen and oxygen atoms in total. The monoisotopic (exact) mass is 507 g/mol. The van der Waals surface area contributed by atoms with Gasteiger partial charge in [-0.25, -0.2) is 23.7 Å². The fraction of sp³-hybridized carbons (Fsp3) is 0.393.